The van der Waals surface area contributed by atoms with Gasteiger partial charge in [-0.3, -0.25) is 4.79 Å². The smallest absolute Gasteiger partial charge is 0.280 e. The van der Waals surface area contributed by atoms with E-state index in [4.69, 9.17) is 16.1 Å². The Morgan fingerprint density at radius 1 is 1.29 bits per heavy atom. The van der Waals surface area contributed by atoms with Crippen molar-refractivity contribution in [2.24, 2.45) is 0 Å². The summed E-state index contributed by atoms with van der Waals surface area (Å²) >= 11 is 5.78. The van der Waals surface area contributed by atoms with Crippen molar-refractivity contribution in [2.45, 2.75) is 24.9 Å². The van der Waals surface area contributed by atoms with Gasteiger partial charge in [0.15, 0.2) is 11.6 Å². The molecule has 0 saturated carbocycles. The Balaban J connectivity index is 1.57. The second-order valence-corrected chi connectivity index (χ2v) is 9.33. The molecule has 162 valence electrons. The van der Waals surface area contributed by atoms with Crippen LogP contribution in [0.15, 0.2) is 53.1 Å². The molecule has 1 aliphatic heterocycles. The van der Waals surface area contributed by atoms with Gasteiger partial charge in [-0.05, 0) is 36.2 Å². The van der Waals surface area contributed by atoms with Crippen molar-refractivity contribution in [3.8, 4) is 11.5 Å². The van der Waals surface area contributed by atoms with Crippen molar-refractivity contribution in [1.82, 2.24) is 19.2 Å². The van der Waals surface area contributed by atoms with Crippen LogP contribution >= 0.6 is 11.6 Å². The van der Waals surface area contributed by atoms with Gasteiger partial charge < -0.3 is 4.52 Å². The van der Waals surface area contributed by atoms with Crippen molar-refractivity contribution in [3.05, 3.63) is 70.8 Å². The fourth-order valence-corrected chi connectivity index (χ4v) is 4.85. The highest BCUT2D eigenvalue weighted by Gasteiger charge is 2.42. The van der Waals surface area contributed by atoms with Crippen molar-refractivity contribution in [3.63, 3.8) is 0 Å². The monoisotopic (exact) mass is 464 g/mol. The Bertz CT molecular complexity index is 1220. The van der Waals surface area contributed by atoms with E-state index in [1.54, 1.807) is 12.1 Å². The molecule has 1 N–H and O–H groups in total. The van der Waals surface area contributed by atoms with Crippen LogP contribution in [0.4, 0.5) is 4.39 Å². The van der Waals surface area contributed by atoms with Gasteiger partial charge in [0.1, 0.15) is 5.82 Å². The van der Waals surface area contributed by atoms with E-state index in [0.717, 1.165) is 4.31 Å². The van der Waals surface area contributed by atoms with Gasteiger partial charge in [0.2, 0.25) is 0 Å². The molecule has 0 bridgehead atoms. The molecule has 8 nitrogen and oxygen atoms in total. The van der Waals surface area contributed by atoms with Crippen LogP contribution in [0.2, 0.25) is 5.02 Å². The molecule has 4 rings (SSSR count). The number of ketones is 1. The first kappa shape index (κ1) is 21.6. The van der Waals surface area contributed by atoms with Crippen LogP contribution in [-0.2, 0) is 21.4 Å². The van der Waals surface area contributed by atoms with Crippen LogP contribution in [0, 0.1) is 5.82 Å². The zero-order valence-electron chi connectivity index (χ0n) is 16.3. The van der Waals surface area contributed by atoms with Crippen LogP contribution in [0.5, 0.6) is 0 Å². The molecule has 2 unspecified atom stereocenters. The average Bonchev–Trinajstić information content (AvgIpc) is 3.23. The molecular weight excluding hydrogens is 447 g/mol. The number of halogens is 2. The molecule has 1 aromatic heterocycles. The summed E-state index contributed by atoms with van der Waals surface area (Å²) < 4.78 is 47.3. The minimum atomic E-state index is -3.96. The number of carbonyl (C=O) groups excluding carboxylic acids is 1. The molecule has 1 aliphatic rings. The van der Waals surface area contributed by atoms with Crippen molar-refractivity contribution in [1.29, 1.82) is 0 Å². The minimum Gasteiger partial charge on any atom is -0.334 e. The van der Waals surface area contributed by atoms with Gasteiger partial charge in [-0.15, -0.1) is 0 Å². The molecule has 2 heterocycles. The van der Waals surface area contributed by atoms with Gasteiger partial charge in [0.05, 0.1) is 17.1 Å². The normalized spacial score (nSPS) is 21.1. The molecule has 0 amide bonds. The maximum Gasteiger partial charge on any atom is 0.280 e. The topological polar surface area (TPSA) is 105 Å². The molecule has 0 spiro atoms. The maximum atomic E-state index is 13.4. The lowest BCUT2D eigenvalue weighted by Gasteiger charge is -2.34. The van der Waals surface area contributed by atoms with E-state index in [1.165, 1.54) is 25.2 Å². The molecule has 11 heteroatoms. The lowest BCUT2D eigenvalue weighted by molar-refractivity contribution is -0.122. The zero-order chi connectivity index (χ0) is 22.2. The van der Waals surface area contributed by atoms with Gasteiger partial charge in [0.25, 0.3) is 16.1 Å². The predicted molar refractivity (Wildman–Crippen MR) is 111 cm³/mol. The van der Waals surface area contributed by atoms with E-state index in [9.17, 15) is 17.6 Å². The standard InChI is InChI=1S/C20H18ClFN4O4S/c1-26-17(18(27)10-12-7-8-15(22)14(21)9-12)11-16(25-31(26,28)29)19-23-20(30-24-19)13-5-3-2-4-6-13/h2-9,16-17,25H,10-11H2,1H3. The second-order valence-electron chi connectivity index (χ2n) is 7.16. The molecule has 1 fully saturated rings. The molecule has 2 aromatic carbocycles. The Labute approximate surface area is 183 Å². The first-order valence-corrected chi connectivity index (χ1v) is 11.2. The summed E-state index contributed by atoms with van der Waals surface area (Å²) in [6.45, 7) is 0. The van der Waals surface area contributed by atoms with E-state index in [2.05, 4.69) is 14.9 Å². The van der Waals surface area contributed by atoms with Crippen LogP contribution in [0.3, 0.4) is 0 Å². The lowest BCUT2D eigenvalue weighted by Crippen LogP contribution is -2.55. The fraction of sp³-hybridized carbons (Fsp3) is 0.250. The third-order valence-corrected chi connectivity index (χ3v) is 6.96. The van der Waals surface area contributed by atoms with E-state index in [1.807, 2.05) is 18.2 Å². The molecule has 0 radical (unpaired) electrons. The van der Waals surface area contributed by atoms with E-state index in [-0.39, 0.29) is 35.4 Å². The summed E-state index contributed by atoms with van der Waals surface area (Å²) in [5.74, 6) is -0.562. The number of hydrogen-bond donors (Lipinski definition) is 1. The average molecular weight is 465 g/mol. The number of benzene rings is 2. The Morgan fingerprint density at radius 3 is 2.74 bits per heavy atom. The molecule has 2 atom stereocenters. The van der Waals surface area contributed by atoms with Gasteiger partial charge >= 0.3 is 0 Å². The predicted octanol–water partition coefficient (Wildman–Crippen LogP) is 2.92. The number of aromatic nitrogens is 2. The number of likely N-dealkylation sites (N-methyl/N-ethyl adjacent to an activating group) is 1. The Kier molecular flexibility index (Phi) is 5.89. The minimum absolute atomic E-state index is 0.0985. The third kappa shape index (κ3) is 4.52. The van der Waals surface area contributed by atoms with E-state index >= 15 is 0 Å². The maximum absolute atomic E-state index is 13.4. The summed E-state index contributed by atoms with van der Waals surface area (Å²) in [5, 5.41) is 3.80. The Hall–Kier alpha value is -2.66. The summed E-state index contributed by atoms with van der Waals surface area (Å²) in [7, 11) is -2.64. The number of carbonyl (C=O) groups is 1. The summed E-state index contributed by atoms with van der Waals surface area (Å²) in [6.07, 6.45) is 0.00993. The molecule has 3 aromatic rings. The highest BCUT2D eigenvalue weighted by molar-refractivity contribution is 7.87. The number of rotatable bonds is 5. The molecule has 31 heavy (non-hydrogen) atoms. The second kappa shape index (κ2) is 8.46. The molecule has 0 aliphatic carbocycles. The van der Waals surface area contributed by atoms with Crippen molar-refractivity contribution < 1.29 is 22.1 Å². The van der Waals surface area contributed by atoms with E-state index < -0.39 is 28.1 Å². The fourth-order valence-electron chi connectivity index (χ4n) is 3.39. The number of Topliss-reactive ketones (excluding diaryl/α,β-unsaturated/α-hetero) is 1. The summed E-state index contributed by atoms with van der Waals surface area (Å²) in [4.78, 5) is 17.2. The SMILES string of the molecule is CN1C(C(=O)Cc2ccc(F)c(Cl)c2)CC(c2noc(-c3ccccc3)n2)NS1(=O)=O. The van der Waals surface area contributed by atoms with Crippen molar-refractivity contribution >= 4 is 27.6 Å². The van der Waals surface area contributed by atoms with Gasteiger partial charge in [-0.1, -0.05) is 41.0 Å². The van der Waals surface area contributed by atoms with Crippen molar-refractivity contribution in [2.75, 3.05) is 7.05 Å². The largest absolute Gasteiger partial charge is 0.334 e. The van der Waals surface area contributed by atoms with Crippen LogP contribution < -0.4 is 4.72 Å². The zero-order valence-corrected chi connectivity index (χ0v) is 17.9. The molecular formula is C20H18ClFN4O4S. The first-order valence-electron chi connectivity index (χ1n) is 9.35. The number of nitrogens with one attached hydrogen (secondary N) is 1. The van der Waals surface area contributed by atoms with Crippen LogP contribution in [0.1, 0.15) is 23.9 Å². The summed E-state index contributed by atoms with van der Waals surface area (Å²) in [6, 6.07) is 11.2. The highest BCUT2D eigenvalue weighted by Crippen LogP contribution is 2.29. The quantitative estimate of drug-likeness (QED) is 0.622. The van der Waals surface area contributed by atoms with Gasteiger partial charge in [0, 0.05) is 19.0 Å². The first-order chi connectivity index (χ1) is 14.7. The Morgan fingerprint density at radius 2 is 2.03 bits per heavy atom. The number of hydrogen-bond acceptors (Lipinski definition) is 6. The van der Waals surface area contributed by atoms with Gasteiger partial charge in [-0.25, -0.2) is 4.39 Å². The van der Waals surface area contributed by atoms with Crippen LogP contribution in [0.25, 0.3) is 11.5 Å². The third-order valence-electron chi connectivity index (χ3n) is 5.08. The molecule has 1 saturated heterocycles. The van der Waals surface area contributed by atoms with Crippen LogP contribution in [-0.4, -0.2) is 41.7 Å². The lowest BCUT2D eigenvalue weighted by atomic mass is 9.98. The number of nitrogens with zero attached hydrogens (tertiary/aromatic N) is 3. The summed E-state index contributed by atoms with van der Waals surface area (Å²) in [5.41, 5.74) is 1.18. The van der Waals surface area contributed by atoms with Gasteiger partial charge in [-0.2, -0.15) is 22.4 Å². The van der Waals surface area contributed by atoms with E-state index in [0.29, 0.717) is 11.1 Å². The highest BCUT2D eigenvalue weighted by atomic mass is 35.5.